The lowest BCUT2D eigenvalue weighted by atomic mass is 10.1. The Morgan fingerprint density at radius 1 is 1.03 bits per heavy atom. The Morgan fingerprint density at radius 2 is 1.70 bits per heavy atom. The number of hydrogen-bond donors (Lipinski definition) is 1. The molecule has 2 aromatic carbocycles. The lowest BCUT2D eigenvalue weighted by Crippen LogP contribution is -2.16. The maximum Gasteiger partial charge on any atom is 0.433 e. The van der Waals surface area contributed by atoms with Crippen LogP contribution in [0.4, 0.5) is 18.9 Å². The highest BCUT2D eigenvalue weighted by atomic mass is 35.5. The van der Waals surface area contributed by atoms with E-state index in [9.17, 15) is 18.0 Å². The minimum Gasteiger partial charge on any atom is -0.319 e. The van der Waals surface area contributed by atoms with Gasteiger partial charge in [-0.1, -0.05) is 41.4 Å². The average molecular weight is 432 g/mol. The highest BCUT2D eigenvalue weighted by molar-refractivity contribution is 6.30. The summed E-state index contributed by atoms with van der Waals surface area (Å²) in [5, 5.41) is 6.71. The van der Waals surface area contributed by atoms with Gasteiger partial charge >= 0.3 is 6.18 Å². The Bertz CT molecular complexity index is 1230. The number of hydrogen-bond acceptors (Lipinski definition) is 4. The van der Waals surface area contributed by atoms with E-state index in [1.54, 1.807) is 48.5 Å². The van der Waals surface area contributed by atoms with Gasteiger partial charge in [0.15, 0.2) is 5.69 Å². The summed E-state index contributed by atoms with van der Waals surface area (Å²) in [7, 11) is 0. The highest BCUT2D eigenvalue weighted by Crippen LogP contribution is 2.32. The number of fused-ring (bicyclic) bond motifs is 1. The Kier molecular flexibility index (Phi) is 4.90. The van der Waals surface area contributed by atoms with E-state index in [2.05, 4.69) is 20.4 Å². The van der Waals surface area contributed by atoms with E-state index in [-0.39, 0.29) is 11.5 Å². The molecule has 30 heavy (non-hydrogen) atoms. The smallest absolute Gasteiger partial charge is 0.319 e. The number of nitrogens with zero attached hydrogens (tertiary/aromatic N) is 4. The van der Waals surface area contributed by atoms with Crippen LogP contribution in [-0.2, 0) is 6.18 Å². The quantitative estimate of drug-likeness (QED) is 0.494. The van der Waals surface area contributed by atoms with Gasteiger partial charge in [0, 0.05) is 16.3 Å². The van der Waals surface area contributed by atoms with Crippen molar-refractivity contribution in [1.82, 2.24) is 19.6 Å². The second kappa shape index (κ2) is 7.42. The molecule has 4 rings (SSSR count). The van der Waals surface area contributed by atoms with Gasteiger partial charge in [0.05, 0.1) is 5.69 Å². The summed E-state index contributed by atoms with van der Waals surface area (Å²) in [6.45, 7) is 1.87. The molecule has 0 aliphatic carbocycles. The number of aryl methyl sites for hydroxylation is 1. The van der Waals surface area contributed by atoms with Gasteiger partial charge < -0.3 is 5.32 Å². The zero-order valence-corrected chi connectivity index (χ0v) is 16.2. The fourth-order valence-electron chi connectivity index (χ4n) is 2.76. The summed E-state index contributed by atoms with van der Waals surface area (Å²) in [4.78, 5) is 20.5. The van der Waals surface area contributed by atoms with Crippen molar-refractivity contribution in [3.05, 3.63) is 76.7 Å². The van der Waals surface area contributed by atoms with E-state index in [0.29, 0.717) is 20.8 Å². The van der Waals surface area contributed by atoms with Crippen LogP contribution in [0.15, 0.2) is 54.6 Å². The third kappa shape index (κ3) is 3.97. The molecule has 0 saturated heterocycles. The summed E-state index contributed by atoms with van der Waals surface area (Å²) in [6.07, 6.45) is -4.72. The first-order chi connectivity index (χ1) is 14.2. The third-order valence-corrected chi connectivity index (χ3v) is 4.51. The second-order valence-electron chi connectivity index (χ2n) is 6.50. The maximum absolute atomic E-state index is 13.6. The first-order valence-corrected chi connectivity index (χ1v) is 9.07. The predicted octanol–water partition coefficient (Wildman–Crippen LogP) is 5.02. The Hall–Kier alpha value is -3.46. The lowest BCUT2D eigenvalue weighted by Gasteiger charge is -2.10. The van der Waals surface area contributed by atoms with Gasteiger partial charge in [0.25, 0.3) is 11.7 Å². The SMILES string of the molecule is Cc1ccc(-c2cc(C(F)(F)F)n3nc(C(=O)Nc4ccc(Cl)cc4)nc3n2)cc1. The highest BCUT2D eigenvalue weighted by Gasteiger charge is 2.36. The molecule has 6 nitrogen and oxygen atoms in total. The van der Waals surface area contributed by atoms with Crippen LogP contribution in [0.5, 0.6) is 0 Å². The summed E-state index contributed by atoms with van der Waals surface area (Å²) in [6, 6.07) is 14.0. The number of aromatic nitrogens is 4. The number of carbonyl (C=O) groups excluding carboxylic acids is 1. The zero-order chi connectivity index (χ0) is 21.5. The predicted molar refractivity (Wildman–Crippen MR) is 105 cm³/mol. The molecule has 0 spiro atoms. The van der Waals surface area contributed by atoms with Crippen molar-refractivity contribution < 1.29 is 18.0 Å². The van der Waals surface area contributed by atoms with Gasteiger partial charge in [-0.2, -0.15) is 22.7 Å². The van der Waals surface area contributed by atoms with Crippen LogP contribution in [-0.4, -0.2) is 25.5 Å². The number of halogens is 4. The number of anilines is 1. The number of carbonyl (C=O) groups is 1. The molecule has 10 heteroatoms. The molecule has 1 amide bonds. The van der Waals surface area contributed by atoms with Crippen LogP contribution in [0.2, 0.25) is 5.02 Å². The molecule has 0 aliphatic rings. The molecule has 0 saturated carbocycles. The minimum absolute atomic E-state index is 0.0758. The van der Waals surface area contributed by atoms with Crippen molar-refractivity contribution in [3.8, 4) is 11.3 Å². The monoisotopic (exact) mass is 431 g/mol. The topological polar surface area (TPSA) is 72.2 Å². The van der Waals surface area contributed by atoms with E-state index >= 15 is 0 Å². The molecule has 0 fully saturated rings. The van der Waals surface area contributed by atoms with Crippen molar-refractivity contribution >= 4 is 29.0 Å². The Labute approximate surface area is 173 Å². The number of rotatable bonds is 3. The lowest BCUT2D eigenvalue weighted by molar-refractivity contribution is -0.142. The van der Waals surface area contributed by atoms with Gasteiger partial charge in [-0.3, -0.25) is 4.79 Å². The Balaban J connectivity index is 1.77. The largest absolute Gasteiger partial charge is 0.433 e. The summed E-state index contributed by atoms with van der Waals surface area (Å²) in [5.41, 5.74) is 0.837. The molecule has 2 aromatic heterocycles. The number of benzene rings is 2. The maximum atomic E-state index is 13.6. The molecule has 152 valence electrons. The van der Waals surface area contributed by atoms with Crippen LogP contribution in [0, 0.1) is 6.92 Å². The van der Waals surface area contributed by atoms with E-state index in [0.717, 1.165) is 11.6 Å². The van der Waals surface area contributed by atoms with Crippen LogP contribution < -0.4 is 5.32 Å². The van der Waals surface area contributed by atoms with Crippen LogP contribution >= 0.6 is 11.6 Å². The van der Waals surface area contributed by atoms with Gasteiger partial charge in [0.2, 0.25) is 5.82 Å². The molecule has 0 aliphatic heterocycles. The molecule has 1 N–H and O–H groups in total. The first-order valence-electron chi connectivity index (χ1n) is 8.70. The fourth-order valence-corrected chi connectivity index (χ4v) is 2.89. The second-order valence-corrected chi connectivity index (χ2v) is 6.94. The van der Waals surface area contributed by atoms with E-state index in [1.807, 2.05) is 6.92 Å². The van der Waals surface area contributed by atoms with Crippen LogP contribution in [0.1, 0.15) is 21.9 Å². The molecule has 0 bridgehead atoms. The Morgan fingerprint density at radius 3 is 2.33 bits per heavy atom. The molecular formula is C20H13ClF3N5O. The van der Waals surface area contributed by atoms with Gasteiger partial charge in [-0.25, -0.2) is 4.98 Å². The summed E-state index contributed by atoms with van der Waals surface area (Å²) in [5.74, 6) is -1.54. The first kappa shape index (κ1) is 19.8. The van der Waals surface area contributed by atoms with Crippen molar-refractivity contribution in [1.29, 1.82) is 0 Å². The van der Waals surface area contributed by atoms with Crippen molar-refractivity contribution in [2.45, 2.75) is 13.1 Å². The molecule has 0 unspecified atom stereocenters. The van der Waals surface area contributed by atoms with E-state index in [4.69, 9.17) is 11.6 Å². The molecule has 4 aromatic rings. The molecule has 0 radical (unpaired) electrons. The summed E-state index contributed by atoms with van der Waals surface area (Å²) < 4.78 is 41.5. The molecular weight excluding hydrogens is 419 g/mol. The van der Waals surface area contributed by atoms with Gasteiger partial charge in [-0.05, 0) is 37.3 Å². The van der Waals surface area contributed by atoms with Gasteiger partial charge in [-0.15, -0.1) is 5.10 Å². The van der Waals surface area contributed by atoms with E-state index in [1.165, 1.54) is 0 Å². The number of amides is 1. The van der Waals surface area contributed by atoms with E-state index < -0.39 is 23.6 Å². The summed E-state index contributed by atoms with van der Waals surface area (Å²) >= 11 is 5.80. The normalized spacial score (nSPS) is 11.6. The average Bonchev–Trinajstić information content (AvgIpc) is 3.13. The van der Waals surface area contributed by atoms with Crippen LogP contribution in [0.3, 0.4) is 0 Å². The van der Waals surface area contributed by atoms with Crippen LogP contribution in [0.25, 0.3) is 17.0 Å². The number of alkyl halides is 3. The van der Waals surface area contributed by atoms with Crippen molar-refractivity contribution in [3.63, 3.8) is 0 Å². The molecule has 2 heterocycles. The third-order valence-electron chi connectivity index (χ3n) is 4.26. The fraction of sp³-hybridized carbons (Fsp3) is 0.100. The molecule has 0 atom stereocenters. The van der Waals surface area contributed by atoms with Gasteiger partial charge in [0.1, 0.15) is 0 Å². The standard InChI is InChI=1S/C20H13ClF3N5O/c1-11-2-4-12(5-3-11)15-10-16(20(22,23)24)29-19(26-15)27-17(28-29)18(30)25-14-8-6-13(21)7-9-14/h2-10H,1H3,(H,25,30). The minimum atomic E-state index is -4.72. The van der Waals surface area contributed by atoms with Crippen molar-refractivity contribution in [2.75, 3.05) is 5.32 Å². The number of nitrogens with one attached hydrogen (secondary N) is 1. The zero-order valence-electron chi connectivity index (χ0n) is 15.4. The van der Waals surface area contributed by atoms with Crippen molar-refractivity contribution in [2.24, 2.45) is 0 Å².